The lowest BCUT2D eigenvalue weighted by molar-refractivity contribution is -0.137. The van der Waals surface area contributed by atoms with E-state index in [-0.39, 0.29) is 17.3 Å². The third-order valence-corrected chi connectivity index (χ3v) is 6.24. The van der Waals surface area contributed by atoms with Crippen molar-refractivity contribution in [2.24, 2.45) is 0 Å². The number of alkyl halides is 3. The molecule has 0 N–H and O–H groups in total. The van der Waals surface area contributed by atoms with Gasteiger partial charge in [0, 0.05) is 16.7 Å². The van der Waals surface area contributed by atoms with Gasteiger partial charge in [0.25, 0.3) is 5.91 Å². The van der Waals surface area contributed by atoms with Crippen molar-refractivity contribution >= 4 is 23.4 Å². The summed E-state index contributed by atoms with van der Waals surface area (Å²) in [4.78, 5) is 16.0. The summed E-state index contributed by atoms with van der Waals surface area (Å²) >= 11 is 1.72. The van der Waals surface area contributed by atoms with Crippen molar-refractivity contribution in [2.75, 3.05) is 11.4 Å². The van der Waals surface area contributed by atoms with Crippen molar-refractivity contribution < 1.29 is 18.0 Å². The van der Waals surface area contributed by atoms with E-state index < -0.39 is 11.7 Å². The molecular weight excluding hydrogens is 413 g/mol. The van der Waals surface area contributed by atoms with Crippen LogP contribution in [0.2, 0.25) is 0 Å². The third-order valence-electron chi connectivity index (χ3n) is 5.00. The lowest BCUT2D eigenvalue weighted by Gasteiger charge is -2.21. The topological polar surface area (TPSA) is 51.0 Å². The molecule has 0 aliphatic carbocycles. The second-order valence-electron chi connectivity index (χ2n) is 7.13. The van der Waals surface area contributed by atoms with Gasteiger partial charge in [0.2, 0.25) is 0 Å². The van der Waals surface area contributed by atoms with Crippen LogP contribution in [0.25, 0.3) is 5.69 Å². The molecule has 0 saturated carbocycles. The summed E-state index contributed by atoms with van der Waals surface area (Å²) in [6.07, 6.45) is -3.65. The summed E-state index contributed by atoms with van der Waals surface area (Å²) in [5.74, 6) is -0.312. The minimum atomic E-state index is -4.47. The van der Waals surface area contributed by atoms with Gasteiger partial charge in [0.15, 0.2) is 5.69 Å². The first-order chi connectivity index (χ1) is 14.3. The fourth-order valence-corrected chi connectivity index (χ4v) is 4.52. The van der Waals surface area contributed by atoms with Crippen molar-refractivity contribution in [2.45, 2.75) is 36.6 Å². The van der Waals surface area contributed by atoms with Crippen LogP contribution in [0, 0.1) is 6.92 Å². The van der Waals surface area contributed by atoms with Gasteiger partial charge in [-0.3, -0.25) is 4.79 Å². The Morgan fingerprint density at radius 1 is 1.17 bits per heavy atom. The Morgan fingerprint density at radius 2 is 1.93 bits per heavy atom. The number of para-hydroxylation sites is 1. The molecule has 30 heavy (non-hydrogen) atoms. The van der Waals surface area contributed by atoms with Gasteiger partial charge in [-0.25, -0.2) is 4.68 Å². The van der Waals surface area contributed by atoms with Crippen molar-refractivity contribution in [1.29, 1.82) is 0 Å². The Labute approximate surface area is 175 Å². The van der Waals surface area contributed by atoms with Gasteiger partial charge in [-0.15, -0.1) is 16.9 Å². The van der Waals surface area contributed by atoms with E-state index in [9.17, 15) is 18.0 Å². The number of benzene rings is 2. The molecule has 3 aromatic rings. The zero-order valence-electron chi connectivity index (χ0n) is 16.3. The number of thioether (sulfide) groups is 1. The fraction of sp³-hybridized carbons (Fsp3) is 0.286. The molecule has 1 amide bonds. The second kappa shape index (κ2) is 7.79. The zero-order chi connectivity index (χ0) is 21.5. The van der Waals surface area contributed by atoms with E-state index in [1.807, 2.05) is 24.3 Å². The van der Waals surface area contributed by atoms with E-state index in [1.54, 1.807) is 23.6 Å². The Bertz CT molecular complexity index is 1100. The van der Waals surface area contributed by atoms with E-state index in [4.69, 9.17) is 0 Å². The van der Waals surface area contributed by atoms with Crippen LogP contribution >= 0.6 is 11.8 Å². The predicted molar refractivity (Wildman–Crippen MR) is 109 cm³/mol. The van der Waals surface area contributed by atoms with Crippen molar-refractivity contribution in [1.82, 2.24) is 15.0 Å². The number of amides is 1. The molecule has 5 nitrogen and oxygen atoms in total. The highest BCUT2D eigenvalue weighted by Crippen LogP contribution is 2.38. The van der Waals surface area contributed by atoms with E-state index in [0.717, 1.165) is 29.1 Å². The summed E-state index contributed by atoms with van der Waals surface area (Å²) in [5.41, 5.74) is 0.748. The maximum Gasteiger partial charge on any atom is 0.416 e. The first-order valence-corrected chi connectivity index (χ1v) is 10.3. The highest BCUT2D eigenvalue weighted by Gasteiger charge is 2.32. The lowest BCUT2D eigenvalue weighted by atomic mass is 10.2. The van der Waals surface area contributed by atoms with Crippen LogP contribution in [-0.4, -0.2) is 32.7 Å². The standard InChI is InChI=1S/C21H19F3N4OS/c1-13-10-11-27(17-8-3-4-9-18(17)30-13)20(29)19-14(2)28(26-25-19)16-7-5-6-15(12-16)21(22,23)24/h3-9,12-13H,10-11H2,1-2H3/t13-/m1/s1. The molecule has 0 bridgehead atoms. The Morgan fingerprint density at radius 3 is 2.70 bits per heavy atom. The zero-order valence-corrected chi connectivity index (χ0v) is 17.2. The van der Waals surface area contributed by atoms with Gasteiger partial charge < -0.3 is 4.90 Å². The van der Waals surface area contributed by atoms with Gasteiger partial charge in [-0.1, -0.05) is 30.3 Å². The number of nitrogens with zero attached hydrogens (tertiary/aromatic N) is 4. The maximum absolute atomic E-state index is 13.3. The first-order valence-electron chi connectivity index (χ1n) is 9.43. The van der Waals surface area contributed by atoms with Crippen LogP contribution < -0.4 is 4.90 Å². The van der Waals surface area contributed by atoms with E-state index >= 15 is 0 Å². The molecule has 156 valence electrons. The average molecular weight is 432 g/mol. The van der Waals surface area contributed by atoms with Gasteiger partial charge in [-0.05, 0) is 43.7 Å². The number of rotatable bonds is 2. The van der Waals surface area contributed by atoms with E-state index in [1.165, 1.54) is 16.8 Å². The number of anilines is 1. The molecule has 1 aliphatic heterocycles. The monoisotopic (exact) mass is 432 g/mol. The average Bonchev–Trinajstić information content (AvgIpc) is 3.00. The minimum absolute atomic E-state index is 0.127. The van der Waals surface area contributed by atoms with Crippen LogP contribution in [0.3, 0.4) is 0 Å². The van der Waals surface area contributed by atoms with E-state index in [0.29, 0.717) is 17.5 Å². The molecule has 1 aromatic heterocycles. The Hall–Kier alpha value is -2.81. The number of halogens is 3. The van der Waals surface area contributed by atoms with Gasteiger partial charge in [0.05, 0.1) is 22.6 Å². The van der Waals surface area contributed by atoms with Gasteiger partial charge in [0.1, 0.15) is 0 Å². The van der Waals surface area contributed by atoms with Crippen LogP contribution in [0.15, 0.2) is 53.4 Å². The first kappa shape index (κ1) is 20.5. The Balaban J connectivity index is 1.70. The van der Waals surface area contributed by atoms with Crippen LogP contribution in [0.5, 0.6) is 0 Å². The molecule has 1 aliphatic rings. The third kappa shape index (κ3) is 3.81. The number of aromatic nitrogens is 3. The molecule has 0 fully saturated rings. The minimum Gasteiger partial charge on any atom is -0.306 e. The van der Waals surface area contributed by atoms with Crippen LogP contribution in [-0.2, 0) is 6.18 Å². The summed E-state index contributed by atoms with van der Waals surface area (Å²) in [6.45, 7) is 4.28. The van der Waals surface area contributed by atoms with E-state index in [2.05, 4.69) is 17.2 Å². The molecule has 1 atom stereocenters. The van der Waals surface area contributed by atoms with Crippen molar-refractivity contribution in [3.63, 3.8) is 0 Å². The maximum atomic E-state index is 13.3. The molecule has 0 saturated heterocycles. The fourth-order valence-electron chi connectivity index (χ4n) is 3.41. The molecule has 0 spiro atoms. The van der Waals surface area contributed by atoms with Crippen LogP contribution in [0.1, 0.15) is 35.1 Å². The molecule has 4 rings (SSSR count). The number of carbonyl (C=O) groups excluding carboxylic acids is 1. The molecule has 2 heterocycles. The number of fused-ring (bicyclic) bond motifs is 1. The summed E-state index contributed by atoms with van der Waals surface area (Å²) < 4.78 is 40.5. The quantitative estimate of drug-likeness (QED) is 0.564. The molecular formula is C21H19F3N4OS. The summed E-state index contributed by atoms with van der Waals surface area (Å²) in [6, 6.07) is 12.5. The molecule has 0 unspecified atom stereocenters. The van der Waals surface area contributed by atoms with Crippen molar-refractivity contribution in [3.05, 3.63) is 65.5 Å². The molecule has 0 radical (unpaired) electrons. The number of hydrogen-bond donors (Lipinski definition) is 0. The smallest absolute Gasteiger partial charge is 0.306 e. The predicted octanol–water partition coefficient (Wildman–Crippen LogP) is 5.13. The normalized spacial score (nSPS) is 16.8. The lowest BCUT2D eigenvalue weighted by Crippen LogP contribution is -2.33. The largest absolute Gasteiger partial charge is 0.416 e. The van der Waals surface area contributed by atoms with Gasteiger partial charge in [-0.2, -0.15) is 13.2 Å². The number of hydrogen-bond acceptors (Lipinski definition) is 4. The Kier molecular flexibility index (Phi) is 5.31. The SMILES string of the molecule is Cc1c(C(=O)N2CC[C@@H](C)Sc3ccccc32)nnn1-c1cccc(C(F)(F)F)c1. The highest BCUT2D eigenvalue weighted by molar-refractivity contribution is 8.00. The summed E-state index contributed by atoms with van der Waals surface area (Å²) in [5, 5.41) is 8.33. The van der Waals surface area contributed by atoms with Gasteiger partial charge >= 0.3 is 6.18 Å². The van der Waals surface area contributed by atoms with Crippen molar-refractivity contribution in [3.8, 4) is 5.69 Å². The summed E-state index contributed by atoms with van der Waals surface area (Å²) in [7, 11) is 0. The highest BCUT2D eigenvalue weighted by atomic mass is 32.2. The molecule has 2 aromatic carbocycles. The number of carbonyl (C=O) groups is 1. The van der Waals surface area contributed by atoms with Crippen LogP contribution in [0.4, 0.5) is 18.9 Å². The molecule has 9 heteroatoms. The second-order valence-corrected chi connectivity index (χ2v) is 8.61.